The molecule has 0 bridgehead atoms. The molecule has 24 heavy (non-hydrogen) atoms. The zero-order valence-electron chi connectivity index (χ0n) is 13.0. The highest BCUT2D eigenvalue weighted by molar-refractivity contribution is 7.16. The molecule has 2 aromatic rings. The van der Waals surface area contributed by atoms with Crippen molar-refractivity contribution < 1.29 is 14.3 Å². The van der Waals surface area contributed by atoms with E-state index < -0.39 is 0 Å². The Bertz CT molecular complexity index is 803. The third kappa shape index (κ3) is 3.47. The molecule has 1 aromatic heterocycles. The zero-order valence-corrected chi connectivity index (χ0v) is 13.8. The SMILES string of the molecule is N#Cc1c(NC(=O)COc2ccc(C=O)cc2)sc2c1CCCC2. The normalized spacial score (nSPS) is 12.8. The molecule has 1 aliphatic rings. The van der Waals surface area contributed by atoms with Gasteiger partial charge in [0.1, 0.15) is 23.1 Å². The Hall–Kier alpha value is -2.65. The van der Waals surface area contributed by atoms with Gasteiger partial charge in [0.05, 0.1) is 5.56 Å². The first-order valence-electron chi connectivity index (χ1n) is 7.74. The first-order chi connectivity index (χ1) is 11.7. The number of hydrogen-bond donors (Lipinski definition) is 1. The Morgan fingerprint density at radius 1 is 1.29 bits per heavy atom. The number of anilines is 1. The molecule has 0 spiro atoms. The number of nitrogens with zero attached hydrogens (tertiary/aromatic N) is 1. The molecular formula is C18H16N2O3S. The standard InChI is InChI=1S/C18H16N2O3S/c19-9-15-14-3-1-2-4-16(14)24-18(15)20-17(22)11-23-13-7-5-12(10-21)6-8-13/h5-8,10H,1-4,11H2,(H,20,22). The molecule has 6 heteroatoms. The maximum Gasteiger partial charge on any atom is 0.262 e. The summed E-state index contributed by atoms with van der Waals surface area (Å²) in [4.78, 5) is 23.9. The molecule has 1 heterocycles. The molecule has 0 radical (unpaired) electrons. The van der Waals surface area contributed by atoms with Crippen molar-refractivity contribution in [2.45, 2.75) is 25.7 Å². The summed E-state index contributed by atoms with van der Waals surface area (Å²) in [7, 11) is 0. The van der Waals surface area contributed by atoms with E-state index in [1.165, 1.54) is 16.2 Å². The van der Waals surface area contributed by atoms with Gasteiger partial charge in [-0.15, -0.1) is 11.3 Å². The van der Waals surface area contributed by atoms with Crippen LogP contribution in [0.25, 0.3) is 0 Å². The fraction of sp³-hybridized carbons (Fsp3) is 0.278. The van der Waals surface area contributed by atoms with E-state index in [-0.39, 0.29) is 12.5 Å². The van der Waals surface area contributed by atoms with Gasteiger partial charge in [0.25, 0.3) is 5.91 Å². The van der Waals surface area contributed by atoms with E-state index in [1.54, 1.807) is 24.3 Å². The number of rotatable bonds is 5. The summed E-state index contributed by atoms with van der Waals surface area (Å²) in [5, 5.41) is 12.8. The minimum atomic E-state index is -0.301. The van der Waals surface area contributed by atoms with Gasteiger partial charge in [0, 0.05) is 10.4 Å². The second-order valence-electron chi connectivity index (χ2n) is 5.55. The Labute approximate surface area is 143 Å². The lowest BCUT2D eigenvalue weighted by molar-refractivity contribution is -0.118. The van der Waals surface area contributed by atoms with Crippen molar-refractivity contribution in [1.29, 1.82) is 5.26 Å². The largest absolute Gasteiger partial charge is 0.484 e. The highest BCUT2D eigenvalue weighted by atomic mass is 32.1. The van der Waals surface area contributed by atoms with Gasteiger partial charge < -0.3 is 10.1 Å². The molecule has 3 rings (SSSR count). The summed E-state index contributed by atoms with van der Waals surface area (Å²) >= 11 is 1.49. The fourth-order valence-electron chi connectivity index (χ4n) is 2.73. The van der Waals surface area contributed by atoms with Crippen LogP contribution in [0.3, 0.4) is 0 Å². The minimum Gasteiger partial charge on any atom is -0.484 e. The average Bonchev–Trinajstić information content (AvgIpc) is 2.97. The summed E-state index contributed by atoms with van der Waals surface area (Å²) in [6, 6.07) is 8.75. The molecule has 1 N–H and O–H groups in total. The predicted molar refractivity (Wildman–Crippen MR) is 91.6 cm³/mol. The van der Waals surface area contributed by atoms with E-state index in [0.29, 0.717) is 21.9 Å². The van der Waals surface area contributed by atoms with E-state index in [9.17, 15) is 14.9 Å². The monoisotopic (exact) mass is 340 g/mol. The quantitative estimate of drug-likeness (QED) is 0.847. The van der Waals surface area contributed by atoms with Crippen LogP contribution in [0.15, 0.2) is 24.3 Å². The van der Waals surface area contributed by atoms with E-state index in [1.807, 2.05) is 0 Å². The van der Waals surface area contributed by atoms with E-state index in [0.717, 1.165) is 37.5 Å². The lowest BCUT2D eigenvalue weighted by Crippen LogP contribution is -2.20. The Morgan fingerprint density at radius 3 is 2.75 bits per heavy atom. The van der Waals surface area contributed by atoms with Crippen LogP contribution in [0.4, 0.5) is 5.00 Å². The Kier molecular flexibility index (Phi) is 4.92. The molecule has 1 aromatic carbocycles. The first-order valence-corrected chi connectivity index (χ1v) is 8.55. The van der Waals surface area contributed by atoms with Gasteiger partial charge in [-0.1, -0.05) is 0 Å². The van der Waals surface area contributed by atoms with E-state index >= 15 is 0 Å². The van der Waals surface area contributed by atoms with Gasteiger partial charge in [0.2, 0.25) is 0 Å². The summed E-state index contributed by atoms with van der Waals surface area (Å²) in [6.07, 6.45) is 4.85. The molecule has 0 atom stereocenters. The van der Waals surface area contributed by atoms with E-state index in [2.05, 4.69) is 11.4 Å². The summed E-state index contributed by atoms with van der Waals surface area (Å²) in [5.74, 6) is 0.214. The Morgan fingerprint density at radius 2 is 2.04 bits per heavy atom. The molecule has 0 aliphatic heterocycles. The number of ether oxygens (including phenoxy) is 1. The second-order valence-corrected chi connectivity index (χ2v) is 6.66. The fourth-order valence-corrected chi connectivity index (χ4v) is 3.98. The third-order valence-corrected chi connectivity index (χ3v) is 5.13. The molecule has 1 amide bonds. The van der Waals surface area contributed by atoms with Crippen molar-refractivity contribution in [2.24, 2.45) is 0 Å². The predicted octanol–water partition coefficient (Wildman–Crippen LogP) is 3.33. The number of nitrogens with one attached hydrogen (secondary N) is 1. The molecular weight excluding hydrogens is 324 g/mol. The number of carbonyl (C=O) groups is 2. The van der Waals surface area contributed by atoms with Crippen LogP contribution in [0.2, 0.25) is 0 Å². The number of nitriles is 1. The second kappa shape index (κ2) is 7.28. The number of fused-ring (bicyclic) bond motifs is 1. The summed E-state index contributed by atoms with van der Waals surface area (Å²) in [6.45, 7) is -0.145. The van der Waals surface area contributed by atoms with Crippen molar-refractivity contribution in [1.82, 2.24) is 0 Å². The van der Waals surface area contributed by atoms with Crippen molar-refractivity contribution in [3.05, 3.63) is 45.8 Å². The highest BCUT2D eigenvalue weighted by Gasteiger charge is 2.21. The minimum absolute atomic E-state index is 0.145. The number of carbonyl (C=O) groups excluding carboxylic acids is 2. The molecule has 1 aliphatic carbocycles. The van der Waals surface area contributed by atoms with Gasteiger partial charge >= 0.3 is 0 Å². The Balaban J connectivity index is 1.63. The zero-order chi connectivity index (χ0) is 16.9. The van der Waals surface area contributed by atoms with Gasteiger partial charge in [-0.05, 0) is 55.5 Å². The summed E-state index contributed by atoms with van der Waals surface area (Å²) in [5.41, 5.74) is 2.24. The van der Waals surface area contributed by atoms with Gasteiger partial charge in [-0.2, -0.15) is 5.26 Å². The lowest BCUT2D eigenvalue weighted by atomic mass is 9.96. The highest BCUT2D eigenvalue weighted by Crippen LogP contribution is 2.37. The van der Waals surface area contributed by atoms with Crippen molar-refractivity contribution in [2.75, 3.05) is 11.9 Å². The van der Waals surface area contributed by atoms with Crippen molar-refractivity contribution >= 4 is 28.5 Å². The number of amides is 1. The molecule has 5 nitrogen and oxygen atoms in total. The first kappa shape index (κ1) is 16.2. The molecule has 122 valence electrons. The topological polar surface area (TPSA) is 79.2 Å². The number of aldehydes is 1. The van der Waals surface area contributed by atoms with Crippen LogP contribution < -0.4 is 10.1 Å². The van der Waals surface area contributed by atoms with E-state index in [4.69, 9.17) is 4.74 Å². The van der Waals surface area contributed by atoms with Crippen LogP contribution in [0.1, 0.15) is 39.2 Å². The average molecular weight is 340 g/mol. The maximum atomic E-state index is 12.1. The van der Waals surface area contributed by atoms with Gasteiger partial charge in [-0.3, -0.25) is 9.59 Å². The number of thiophene rings is 1. The third-order valence-electron chi connectivity index (χ3n) is 3.92. The lowest BCUT2D eigenvalue weighted by Gasteiger charge is -2.09. The molecule has 0 fully saturated rings. The maximum absolute atomic E-state index is 12.1. The number of benzene rings is 1. The smallest absolute Gasteiger partial charge is 0.262 e. The van der Waals surface area contributed by atoms with Crippen molar-refractivity contribution in [3.8, 4) is 11.8 Å². The summed E-state index contributed by atoms with van der Waals surface area (Å²) < 4.78 is 5.41. The van der Waals surface area contributed by atoms with Crippen molar-refractivity contribution in [3.63, 3.8) is 0 Å². The molecule has 0 unspecified atom stereocenters. The van der Waals surface area contributed by atoms with Crippen LogP contribution in [-0.4, -0.2) is 18.8 Å². The van der Waals surface area contributed by atoms with Gasteiger partial charge in [-0.25, -0.2) is 0 Å². The van der Waals surface area contributed by atoms with Crippen LogP contribution in [-0.2, 0) is 17.6 Å². The molecule has 0 saturated heterocycles. The van der Waals surface area contributed by atoms with Crippen LogP contribution in [0.5, 0.6) is 5.75 Å². The van der Waals surface area contributed by atoms with Crippen LogP contribution >= 0.6 is 11.3 Å². The van der Waals surface area contributed by atoms with Crippen LogP contribution in [0, 0.1) is 11.3 Å². The number of hydrogen-bond acceptors (Lipinski definition) is 5. The van der Waals surface area contributed by atoms with Gasteiger partial charge in [0.15, 0.2) is 6.61 Å². The number of aryl methyl sites for hydroxylation is 1. The molecule has 0 saturated carbocycles.